The first-order valence-corrected chi connectivity index (χ1v) is 17.2. The molecule has 0 spiro atoms. The number of carbonyl (C=O) groups is 2. The van der Waals surface area contributed by atoms with E-state index in [1.54, 1.807) is 50.4 Å². The normalized spacial score (nSPS) is 17.7. The first-order valence-electron chi connectivity index (χ1n) is 17.2. The van der Waals surface area contributed by atoms with Gasteiger partial charge < -0.3 is 34.1 Å². The number of likely N-dealkylation sites (N-methyl/N-ethyl adjacent to an activating group) is 1. The number of benzene rings is 2. The number of nitrogens with one attached hydrogen (secondary N) is 1. The molecule has 1 N–H and O–H groups in total. The third kappa shape index (κ3) is 7.28. The first kappa shape index (κ1) is 34.8. The van der Waals surface area contributed by atoms with Crippen LogP contribution in [0.15, 0.2) is 48.8 Å². The Morgan fingerprint density at radius 2 is 1.76 bits per heavy atom. The molecule has 2 aromatic carbocycles. The van der Waals surface area contributed by atoms with Gasteiger partial charge in [0.25, 0.3) is 5.91 Å². The Balaban J connectivity index is 1.34. The summed E-state index contributed by atoms with van der Waals surface area (Å²) in [6, 6.07) is 11.6. The minimum Gasteiger partial charge on any atom is -0.494 e. The Kier molecular flexibility index (Phi) is 10.9. The van der Waals surface area contributed by atoms with E-state index in [1.807, 2.05) is 30.3 Å². The molecule has 13 heteroatoms. The van der Waals surface area contributed by atoms with Crippen LogP contribution < -0.4 is 29.2 Å². The fourth-order valence-electron chi connectivity index (χ4n) is 6.95. The second-order valence-electron chi connectivity index (χ2n) is 12.7. The highest BCUT2D eigenvalue weighted by molar-refractivity contribution is 5.94. The van der Waals surface area contributed by atoms with Gasteiger partial charge in [-0.25, -0.2) is 9.67 Å². The summed E-state index contributed by atoms with van der Waals surface area (Å²) in [5.41, 5.74) is 2.98. The quantitative estimate of drug-likeness (QED) is 0.304. The van der Waals surface area contributed by atoms with E-state index in [0.29, 0.717) is 61.3 Å². The molecule has 4 heterocycles. The van der Waals surface area contributed by atoms with Crippen LogP contribution in [0.25, 0.3) is 16.6 Å². The first-order chi connectivity index (χ1) is 24.4. The van der Waals surface area contributed by atoms with Gasteiger partial charge in [-0.3, -0.25) is 14.5 Å². The molecule has 0 aliphatic carbocycles. The van der Waals surface area contributed by atoms with Gasteiger partial charge in [0.1, 0.15) is 17.3 Å². The van der Waals surface area contributed by atoms with Crippen molar-refractivity contribution < 1.29 is 28.5 Å². The Hall–Kier alpha value is -5.04. The van der Waals surface area contributed by atoms with Crippen LogP contribution in [0.3, 0.4) is 0 Å². The van der Waals surface area contributed by atoms with Crippen molar-refractivity contribution in [2.45, 2.75) is 32.7 Å². The summed E-state index contributed by atoms with van der Waals surface area (Å²) >= 11 is 0. The number of carbonyl (C=O) groups excluding carboxylic acids is 2. The minimum absolute atomic E-state index is 0.0653. The SMILES string of the molecule is CCN1CCN(C(=O)c2cnn(-c3ccccc3OC)c2)CCC(=O)NCC2CCCN(C2)c2nc3cc(OC)c(OC)c(OC)c3cc2C1. The van der Waals surface area contributed by atoms with Crippen LogP contribution in [0.5, 0.6) is 23.0 Å². The van der Waals surface area contributed by atoms with E-state index in [-0.39, 0.29) is 24.2 Å². The summed E-state index contributed by atoms with van der Waals surface area (Å²) in [5.74, 6) is 3.22. The summed E-state index contributed by atoms with van der Waals surface area (Å²) in [5, 5.41) is 8.46. The number of nitrogens with zero attached hydrogens (tertiary/aromatic N) is 6. The minimum atomic E-state index is -0.180. The Bertz CT molecular complexity index is 1830. The van der Waals surface area contributed by atoms with E-state index in [1.165, 1.54) is 0 Å². The zero-order chi connectivity index (χ0) is 35.2. The molecule has 1 fully saturated rings. The highest BCUT2D eigenvalue weighted by Gasteiger charge is 2.28. The van der Waals surface area contributed by atoms with Crippen molar-refractivity contribution in [1.29, 1.82) is 0 Å². The van der Waals surface area contributed by atoms with Gasteiger partial charge in [-0.05, 0) is 43.5 Å². The maximum Gasteiger partial charge on any atom is 0.257 e. The van der Waals surface area contributed by atoms with Gasteiger partial charge in [0, 0.05) is 75.4 Å². The maximum atomic E-state index is 14.0. The summed E-state index contributed by atoms with van der Waals surface area (Å²) < 4.78 is 24.4. The maximum absolute atomic E-state index is 14.0. The smallest absolute Gasteiger partial charge is 0.257 e. The predicted molar refractivity (Wildman–Crippen MR) is 191 cm³/mol. The number of amides is 2. The standard InChI is InChI=1S/C37H47N7O6/c1-6-41-16-17-42(37(46)27-21-39-44(24-27)30-11-7-8-12-31(30)47-2)15-13-33(45)38-20-25-10-9-14-43(22-25)36-26(23-41)18-28-29(40-36)19-32(48-3)35(50-5)34(28)49-4/h7-8,11-12,18-19,21,24-25H,6,9-10,13-17,20,22-23H2,1-5H3,(H,38,45). The van der Waals surface area contributed by atoms with Crippen molar-refractivity contribution in [3.05, 3.63) is 59.9 Å². The number of hydrogen-bond acceptors (Lipinski definition) is 10. The Morgan fingerprint density at radius 3 is 2.52 bits per heavy atom. The fraction of sp³-hybridized carbons (Fsp3) is 0.459. The monoisotopic (exact) mass is 685 g/mol. The summed E-state index contributed by atoms with van der Waals surface area (Å²) in [4.78, 5) is 38.8. The number of anilines is 1. The molecule has 2 bridgehead atoms. The number of pyridine rings is 1. The molecule has 1 atom stereocenters. The van der Waals surface area contributed by atoms with Crippen LogP contribution in [-0.2, 0) is 11.3 Å². The molecule has 2 aromatic heterocycles. The fourth-order valence-corrected chi connectivity index (χ4v) is 6.95. The van der Waals surface area contributed by atoms with Gasteiger partial charge in [0.05, 0.1) is 45.7 Å². The van der Waals surface area contributed by atoms with Gasteiger partial charge in [-0.2, -0.15) is 5.10 Å². The molecule has 13 nitrogen and oxygen atoms in total. The van der Waals surface area contributed by atoms with E-state index in [2.05, 4.69) is 33.2 Å². The van der Waals surface area contributed by atoms with Crippen LogP contribution in [0, 0.1) is 5.92 Å². The van der Waals surface area contributed by atoms with Crippen molar-refractivity contribution in [2.75, 3.05) is 79.2 Å². The van der Waals surface area contributed by atoms with Crippen molar-refractivity contribution in [2.24, 2.45) is 5.92 Å². The summed E-state index contributed by atoms with van der Waals surface area (Å²) in [7, 11) is 6.43. The van der Waals surface area contributed by atoms with Crippen LogP contribution in [-0.4, -0.2) is 111 Å². The lowest BCUT2D eigenvalue weighted by molar-refractivity contribution is -0.121. The van der Waals surface area contributed by atoms with Crippen molar-refractivity contribution in [3.8, 4) is 28.7 Å². The molecule has 6 rings (SSSR count). The number of aromatic nitrogens is 3. The van der Waals surface area contributed by atoms with E-state index in [4.69, 9.17) is 23.9 Å². The zero-order valence-corrected chi connectivity index (χ0v) is 29.6. The van der Waals surface area contributed by atoms with Gasteiger partial charge in [-0.15, -0.1) is 0 Å². The zero-order valence-electron chi connectivity index (χ0n) is 29.6. The van der Waals surface area contributed by atoms with E-state index >= 15 is 0 Å². The molecule has 266 valence electrons. The number of rotatable bonds is 7. The number of para-hydroxylation sites is 2. The Labute approximate surface area is 293 Å². The molecule has 50 heavy (non-hydrogen) atoms. The highest BCUT2D eigenvalue weighted by atomic mass is 16.5. The van der Waals surface area contributed by atoms with Crippen LogP contribution in [0.2, 0.25) is 0 Å². The molecule has 2 amide bonds. The lowest BCUT2D eigenvalue weighted by Crippen LogP contribution is -2.42. The third-order valence-electron chi connectivity index (χ3n) is 9.67. The van der Waals surface area contributed by atoms with Gasteiger partial charge in [0.2, 0.25) is 11.7 Å². The number of ether oxygens (including phenoxy) is 4. The number of methoxy groups -OCH3 is 4. The molecule has 2 aliphatic heterocycles. The highest BCUT2D eigenvalue weighted by Crippen LogP contribution is 2.44. The number of piperidine rings is 1. The number of fused-ring (bicyclic) bond motifs is 5. The average Bonchev–Trinajstić information content (AvgIpc) is 3.65. The molecule has 4 aromatic rings. The molecular weight excluding hydrogens is 638 g/mol. The molecule has 0 saturated carbocycles. The molecule has 1 unspecified atom stereocenters. The second-order valence-corrected chi connectivity index (χ2v) is 12.7. The van der Waals surface area contributed by atoms with Crippen LogP contribution in [0.1, 0.15) is 42.1 Å². The van der Waals surface area contributed by atoms with Crippen molar-refractivity contribution in [3.63, 3.8) is 0 Å². The largest absolute Gasteiger partial charge is 0.494 e. The Morgan fingerprint density at radius 1 is 0.960 bits per heavy atom. The topological polar surface area (TPSA) is 124 Å². The van der Waals surface area contributed by atoms with E-state index in [9.17, 15) is 9.59 Å². The van der Waals surface area contributed by atoms with E-state index in [0.717, 1.165) is 60.4 Å². The van der Waals surface area contributed by atoms with Crippen molar-refractivity contribution in [1.82, 2.24) is 29.9 Å². The van der Waals surface area contributed by atoms with Gasteiger partial charge in [-0.1, -0.05) is 19.1 Å². The second kappa shape index (κ2) is 15.7. The van der Waals surface area contributed by atoms with Crippen molar-refractivity contribution >= 4 is 28.5 Å². The third-order valence-corrected chi connectivity index (χ3v) is 9.67. The van der Waals surface area contributed by atoms with Gasteiger partial charge >= 0.3 is 0 Å². The van der Waals surface area contributed by atoms with Crippen LogP contribution >= 0.6 is 0 Å². The molecule has 0 radical (unpaired) electrons. The lowest BCUT2D eigenvalue weighted by Gasteiger charge is -2.35. The van der Waals surface area contributed by atoms with E-state index < -0.39 is 0 Å². The summed E-state index contributed by atoms with van der Waals surface area (Å²) in [6.45, 7) is 7.00. The summed E-state index contributed by atoms with van der Waals surface area (Å²) in [6.07, 6.45) is 5.51. The van der Waals surface area contributed by atoms with Crippen LogP contribution in [0.4, 0.5) is 5.82 Å². The number of hydrogen-bond donors (Lipinski definition) is 1. The predicted octanol–water partition coefficient (Wildman–Crippen LogP) is 4.16. The lowest BCUT2D eigenvalue weighted by atomic mass is 9.97. The molecule has 1 saturated heterocycles. The average molecular weight is 686 g/mol. The molecule has 2 aliphatic rings. The molecular formula is C37H47N7O6. The van der Waals surface area contributed by atoms with Gasteiger partial charge in [0.15, 0.2) is 11.5 Å².